The van der Waals surface area contributed by atoms with E-state index in [0.717, 1.165) is 64.1 Å². The first-order valence-electron chi connectivity index (χ1n) is 12.6. The molecule has 1 saturated carbocycles. The molecule has 0 unspecified atom stereocenters. The van der Waals surface area contributed by atoms with E-state index in [0.29, 0.717) is 17.1 Å². The van der Waals surface area contributed by atoms with E-state index in [1.54, 1.807) is 0 Å². The topological polar surface area (TPSA) is 68.8 Å². The summed E-state index contributed by atoms with van der Waals surface area (Å²) in [5.74, 6) is 2.45. The number of ether oxygens (including phenoxy) is 1. The number of rotatable bonds is 5. The Labute approximate surface area is 207 Å². The van der Waals surface area contributed by atoms with Crippen molar-refractivity contribution >= 4 is 40.6 Å². The van der Waals surface area contributed by atoms with Gasteiger partial charge >= 0.3 is 0 Å². The highest BCUT2D eigenvalue weighted by molar-refractivity contribution is 7.80. The van der Waals surface area contributed by atoms with Gasteiger partial charge < -0.3 is 30.1 Å². The van der Waals surface area contributed by atoms with Crippen LogP contribution in [0.2, 0.25) is 0 Å². The number of anilines is 4. The number of nitrogens with one attached hydrogen (secondary N) is 2. The fourth-order valence-electron chi connectivity index (χ4n) is 5.00. The molecule has 2 N–H and O–H groups in total. The molecule has 2 aliphatic heterocycles. The number of thiocarbonyl (C=S) groups is 1. The molecular formula is C25H35N7OS. The van der Waals surface area contributed by atoms with Gasteiger partial charge in [0.05, 0.1) is 13.2 Å². The number of para-hydroxylation sites is 1. The SMILES string of the molecule is S=C(Nc1nc(N2CCOCC2)cc(N2CCN(c3ccccc3)CC2)n1)NC1CCCCC1. The second-order valence-electron chi connectivity index (χ2n) is 9.25. The molecule has 1 aliphatic carbocycles. The summed E-state index contributed by atoms with van der Waals surface area (Å²) in [7, 11) is 0. The Kier molecular flexibility index (Phi) is 7.60. The van der Waals surface area contributed by atoms with E-state index >= 15 is 0 Å². The fourth-order valence-corrected chi connectivity index (χ4v) is 5.25. The summed E-state index contributed by atoms with van der Waals surface area (Å²) in [5, 5.41) is 7.38. The minimum Gasteiger partial charge on any atom is -0.378 e. The quantitative estimate of drug-likeness (QED) is 0.626. The summed E-state index contributed by atoms with van der Waals surface area (Å²) < 4.78 is 5.55. The molecule has 5 rings (SSSR count). The standard InChI is InChI=1S/C25H35N7OS/c34-25(26-20-7-3-1-4-8-20)29-24-27-22(19-23(28-24)32-15-17-33-18-16-32)31-13-11-30(12-14-31)21-9-5-2-6-10-21/h2,5-6,9-10,19-20H,1,3-4,7-8,11-18H2,(H2,26,27,28,29,34). The molecule has 2 saturated heterocycles. The van der Waals surface area contributed by atoms with Crippen LogP contribution in [0.1, 0.15) is 32.1 Å². The molecule has 0 spiro atoms. The number of benzene rings is 1. The van der Waals surface area contributed by atoms with Gasteiger partial charge in [-0.3, -0.25) is 0 Å². The Balaban J connectivity index is 1.30. The molecule has 2 aromatic rings. The van der Waals surface area contributed by atoms with Gasteiger partial charge in [-0.15, -0.1) is 0 Å². The van der Waals surface area contributed by atoms with Crippen LogP contribution in [0.3, 0.4) is 0 Å². The van der Waals surface area contributed by atoms with E-state index in [4.69, 9.17) is 26.9 Å². The van der Waals surface area contributed by atoms with Gasteiger partial charge in [-0.2, -0.15) is 9.97 Å². The predicted molar refractivity (Wildman–Crippen MR) is 142 cm³/mol. The predicted octanol–water partition coefficient (Wildman–Crippen LogP) is 3.26. The van der Waals surface area contributed by atoms with Crippen molar-refractivity contribution in [2.75, 3.05) is 72.5 Å². The van der Waals surface area contributed by atoms with Crippen LogP contribution in [0.4, 0.5) is 23.3 Å². The molecule has 1 aromatic carbocycles. The molecule has 9 heteroatoms. The van der Waals surface area contributed by atoms with Gasteiger partial charge in [-0.1, -0.05) is 37.5 Å². The van der Waals surface area contributed by atoms with Crippen LogP contribution in [-0.2, 0) is 4.74 Å². The van der Waals surface area contributed by atoms with Gasteiger partial charge in [0, 0.05) is 57.1 Å². The van der Waals surface area contributed by atoms with Crippen molar-refractivity contribution in [2.24, 2.45) is 0 Å². The minimum absolute atomic E-state index is 0.446. The molecule has 0 bridgehead atoms. The zero-order valence-electron chi connectivity index (χ0n) is 19.8. The van der Waals surface area contributed by atoms with Gasteiger partial charge in [-0.25, -0.2) is 0 Å². The number of hydrogen-bond acceptors (Lipinski definition) is 7. The van der Waals surface area contributed by atoms with E-state index in [2.05, 4.69) is 61.7 Å². The van der Waals surface area contributed by atoms with E-state index in [9.17, 15) is 0 Å². The molecular weight excluding hydrogens is 446 g/mol. The molecule has 8 nitrogen and oxygen atoms in total. The van der Waals surface area contributed by atoms with E-state index in [-0.39, 0.29) is 0 Å². The molecule has 1 aromatic heterocycles. The molecule has 34 heavy (non-hydrogen) atoms. The van der Waals surface area contributed by atoms with Gasteiger partial charge in [0.15, 0.2) is 5.11 Å². The average Bonchev–Trinajstić information content (AvgIpc) is 2.90. The minimum atomic E-state index is 0.446. The summed E-state index contributed by atoms with van der Waals surface area (Å²) in [6.45, 7) is 6.87. The third kappa shape index (κ3) is 5.88. The number of piperazine rings is 1. The molecule has 182 valence electrons. The number of morpholine rings is 1. The highest BCUT2D eigenvalue weighted by Gasteiger charge is 2.22. The normalized spacial score (nSPS) is 19.7. The molecule has 0 radical (unpaired) electrons. The number of nitrogens with zero attached hydrogens (tertiary/aromatic N) is 5. The van der Waals surface area contributed by atoms with Crippen molar-refractivity contribution in [1.82, 2.24) is 15.3 Å². The first kappa shape index (κ1) is 23.1. The Morgan fingerprint density at radius 2 is 1.44 bits per heavy atom. The Hall–Kier alpha value is -2.65. The number of aromatic nitrogens is 2. The monoisotopic (exact) mass is 481 g/mol. The van der Waals surface area contributed by atoms with Crippen molar-refractivity contribution in [3.63, 3.8) is 0 Å². The molecule has 0 atom stereocenters. The maximum atomic E-state index is 5.63. The first-order chi connectivity index (χ1) is 16.7. The zero-order chi connectivity index (χ0) is 23.2. The summed E-state index contributed by atoms with van der Waals surface area (Å²) in [4.78, 5) is 16.8. The summed E-state index contributed by atoms with van der Waals surface area (Å²) >= 11 is 5.63. The highest BCUT2D eigenvalue weighted by Crippen LogP contribution is 2.25. The van der Waals surface area contributed by atoms with Crippen molar-refractivity contribution in [3.8, 4) is 0 Å². The van der Waals surface area contributed by atoms with Crippen LogP contribution in [0.15, 0.2) is 36.4 Å². The third-order valence-electron chi connectivity index (χ3n) is 6.92. The smallest absolute Gasteiger partial charge is 0.232 e. The van der Waals surface area contributed by atoms with E-state index in [1.165, 1.54) is 37.8 Å². The second kappa shape index (κ2) is 11.2. The van der Waals surface area contributed by atoms with Crippen LogP contribution in [0, 0.1) is 0 Å². The van der Waals surface area contributed by atoms with Crippen molar-refractivity contribution in [1.29, 1.82) is 0 Å². The van der Waals surface area contributed by atoms with E-state index in [1.807, 2.05) is 0 Å². The number of hydrogen-bond donors (Lipinski definition) is 2. The van der Waals surface area contributed by atoms with Crippen LogP contribution in [-0.4, -0.2) is 73.6 Å². The lowest BCUT2D eigenvalue weighted by molar-refractivity contribution is 0.122. The van der Waals surface area contributed by atoms with Crippen LogP contribution >= 0.6 is 12.2 Å². The van der Waals surface area contributed by atoms with Gasteiger partial charge in [0.1, 0.15) is 11.6 Å². The highest BCUT2D eigenvalue weighted by atomic mass is 32.1. The van der Waals surface area contributed by atoms with Gasteiger partial charge in [0.2, 0.25) is 5.95 Å². The largest absolute Gasteiger partial charge is 0.378 e. The molecule has 3 aliphatic rings. The van der Waals surface area contributed by atoms with Crippen LogP contribution < -0.4 is 25.3 Å². The lowest BCUT2D eigenvalue weighted by Crippen LogP contribution is -2.47. The summed E-state index contributed by atoms with van der Waals surface area (Å²) in [6.07, 6.45) is 6.20. The van der Waals surface area contributed by atoms with E-state index < -0.39 is 0 Å². The van der Waals surface area contributed by atoms with Crippen LogP contribution in [0.5, 0.6) is 0 Å². The average molecular weight is 482 g/mol. The zero-order valence-corrected chi connectivity index (χ0v) is 20.6. The van der Waals surface area contributed by atoms with Crippen molar-refractivity contribution in [3.05, 3.63) is 36.4 Å². The maximum absolute atomic E-state index is 5.63. The van der Waals surface area contributed by atoms with Gasteiger partial charge in [-0.05, 0) is 37.2 Å². The van der Waals surface area contributed by atoms with Crippen molar-refractivity contribution in [2.45, 2.75) is 38.1 Å². The summed E-state index contributed by atoms with van der Waals surface area (Å²) in [6, 6.07) is 13.2. The van der Waals surface area contributed by atoms with Gasteiger partial charge in [0.25, 0.3) is 0 Å². The summed E-state index contributed by atoms with van der Waals surface area (Å²) in [5.41, 5.74) is 1.28. The Morgan fingerprint density at radius 3 is 2.12 bits per heavy atom. The Morgan fingerprint density at radius 1 is 0.824 bits per heavy atom. The second-order valence-corrected chi connectivity index (χ2v) is 9.66. The lowest BCUT2D eigenvalue weighted by Gasteiger charge is -2.37. The van der Waals surface area contributed by atoms with Crippen molar-refractivity contribution < 1.29 is 4.74 Å². The molecule has 0 amide bonds. The third-order valence-corrected chi connectivity index (χ3v) is 7.14. The lowest BCUT2D eigenvalue weighted by atomic mass is 9.96. The molecule has 3 fully saturated rings. The fraction of sp³-hybridized carbons (Fsp3) is 0.560. The first-order valence-corrected chi connectivity index (χ1v) is 13.0. The molecule has 3 heterocycles. The Bertz CT molecular complexity index is 940. The van der Waals surface area contributed by atoms with Crippen LogP contribution in [0.25, 0.3) is 0 Å². The maximum Gasteiger partial charge on any atom is 0.232 e.